The van der Waals surface area contributed by atoms with E-state index >= 15 is 0 Å². The zero-order chi connectivity index (χ0) is 28.2. The summed E-state index contributed by atoms with van der Waals surface area (Å²) in [6, 6.07) is 14.6. The van der Waals surface area contributed by atoms with E-state index in [1.54, 1.807) is 47.8 Å². The summed E-state index contributed by atoms with van der Waals surface area (Å²) >= 11 is 1.47. The Morgan fingerprint density at radius 3 is 2.51 bits per heavy atom. The molecule has 1 fully saturated rings. The van der Waals surface area contributed by atoms with E-state index in [0.717, 1.165) is 22.4 Å². The fourth-order valence-electron chi connectivity index (χ4n) is 4.28. The van der Waals surface area contributed by atoms with Crippen molar-refractivity contribution in [1.29, 1.82) is 0 Å². The van der Waals surface area contributed by atoms with Gasteiger partial charge in [0, 0.05) is 42.7 Å². The number of pyridine rings is 1. The Morgan fingerprint density at radius 1 is 0.951 bits per heavy atom. The maximum Gasteiger partial charge on any atom is 0.323 e. The lowest BCUT2D eigenvalue weighted by molar-refractivity contribution is -0.117. The molecule has 5 aromatic rings. The van der Waals surface area contributed by atoms with Crippen LogP contribution in [-0.2, 0) is 4.79 Å². The smallest absolute Gasteiger partial charge is 0.323 e. The Morgan fingerprint density at radius 2 is 1.78 bits per heavy atom. The van der Waals surface area contributed by atoms with Crippen LogP contribution in [-0.4, -0.2) is 38.4 Å². The molecule has 3 aromatic heterocycles. The Hall–Kier alpha value is -5.23. The van der Waals surface area contributed by atoms with E-state index in [4.69, 9.17) is 4.74 Å². The highest BCUT2D eigenvalue weighted by Gasteiger charge is 2.24. The minimum absolute atomic E-state index is 0.0975. The summed E-state index contributed by atoms with van der Waals surface area (Å²) in [6.07, 6.45) is 9.26. The predicted molar refractivity (Wildman–Crippen MR) is 154 cm³/mol. The molecule has 0 radical (unpaired) electrons. The number of aromatic nitrogens is 4. The Labute approximate surface area is 237 Å². The Kier molecular flexibility index (Phi) is 7.28. The molecule has 1 aliphatic rings. The average Bonchev–Trinajstić information content (AvgIpc) is 3.64. The molecule has 0 spiro atoms. The van der Waals surface area contributed by atoms with Crippen LogP contribution in [0.4, 0.5) is 25.7 Å². The molecule has 10 nitrogen and oxygen atoms in total. The first-order valence-corrected chi connectivity index (χ1v) is 13.5. The number of carbonyl (C=O) groups is 2. The number of rotatable bonds is 7. The SMILES string of the molecule is O=C(Nc1cnc(Oc2ccc(-c3cnc(N4CCCC4=O)s3)cc2)nc1)Nc1cc(F)ccc1-c1cccnc1. The number of thiazole rings is 1. The summed E-state index contributed by atoms with van der Waals surface area (Å²) in [6.45, 7) is 0.706. The minimum atomic E-state index is -0.589. The summed E-state index contributed by atoms with van der Waals surface area (Å²) in [7, 11) is 0. The standard InChI is InChI=1S/C29H22FN7O3S/c30-20-7-10-23(19-3-1-11-31-14-19)24(13-20)36-27(39)35-21-15-32-28(33-16-21)40-22-8-5-18(6-9-22)25-17-34-29(41-25)37-12-2-4-26(37)38/h1,3,5-11,13-17H,2,4,12H2,(H2,35,36,39). The minimum Gasteiger partial charge on any atom is -0.424 e. The van der Waals surface area contributed by atoms with Gasteiger partial charge < -0.3 is 15.4 Å². The van der Waals surface area contributed by atoms with Gasteiger partial charge in [0.25, 0.3) is 0 Å². The number of benzene rings is 2. The maximum absolute atomic E-state index is 13.9. The van der Waals surface area contributed by atoms with Gasteiger partial charge in [-0.15, -0.1) is 0 Å². The van der Waals surface area contributed by atoms with Gasteiger partial charge in [-0.1, -0.05) is 17.4 Å². The van der Waals surface area contributed by atoms with E-state index in [2.05, 4.69) is 30.6 Å². The monoisotopic (exact) mass is 567 g/mol. The van der Waals surface area contributed by atoms with Gasteiger partial charge in [0.15, 0.2) is 5.13 Å². The highest BCUT2D eigenvalue weighted by molar-refractivity contribution is 7.19. The number of hydrogen-bond acceptors (Lipinski definition) is 8. The first-order chi connectivity index (χ1) is 20.0. The van der Waals surface area contributed by atoms with Gasteiger partial charge in [-0.05, 0) is 60.5 Å². The van der Waals surface area contributed by atoms with Crippen molar-refractivity contribution in [3.8, 4) is 33.3 Å². The molecule has 2 aromatic carbocycles. The van der Waals surface area contributed by atoms with E-state index in [-0.39, 0.29) is 11.9 Å². The zero-order valence-electron chi connectivity index (χ0n) is 21.5. The Balaban J connectivity index is 1.07. The van der Waals surface area contributed by atoms with Crippen molar-refractivity contribution in [3.63, 3.8) is 0 Å². The van der Waals surface area contributed by atoms with Crippen molar-refractivity contribution < 1.29 is 18.7 Å². The quantitative estimate of drug-likeness (QED) is 0.234. The molecule has 6 rings (SSSR count). The van der Waals surface area contributed by atoms with E-state index in [0.29, 0.717) is 40.8 Å². The summed E-state index contributed by atoms with van der Waals surface area (Å²) in [5.41, 5.74) is 2.92. The number of amides is 3. The van der Waals surface area contributed by atoms with Crippen molar-refractivity contribution >= 4 is 39.8 Å². The molecule has 12 heteroatoms. The molecule has 2 N–H and O–H groups in total. The van der Waals surface area contributed by atoms with Crippen molar-refractivity contribution in [2.45, 2.75) is 12.8 Å². The van der Waals surface area contributed by atoms with Crippen LogP contribution in [0.1, 0.15) is 12.8 Å². The molecule has 0 unspecified atom stereocenters. The number of ether oxygens (including phenoxy) is 1. The van der Waals surface area contributed by atoms with Crippen LogP contribution in [0.5, 0.6) is 11.8 Å². The van der Waals surface area contributed by atoms with Crippen LogP contribution in [0.2, 0.25) is 0 Å². The number of carbonyl (C=O) groups excluding carboxylic acids is 2. The van der Waals surface area contributed by atoms with Crippen molar-refractivity contribution in [1.82, 2.24) is 19.9 Å². The van der Waals surface area contributed by atoms with E-state index in [9.17, 15) is 14.0 Å². The van der Waals surface area contributed by atoms with Crippen LogP contribution < -0.4 is 20.3 Å². The molecule has 1 aliphatic heterocycles. The molecular formula is C29H22FN7O3S. The number of nitrogens with one attached hydrogen (secondary N) is 2. The molecule has 0 atom stereocenters. The van der Waals surface area contributed by atoms with Gasteiger partial charge in [-0.2, -0.15) is 0 Å². The highest BCUT2D eigenvalue weighted by Crippen LogP contribution is 2.34. The molecule has 4 heterocycles. The molecule has 0 saturated carbocycles. The van der Waals surface area contributed by atoms with Crippen LogP contribution in [0.25, 0.3) is 21.6 Å². The number of nitrogens with zero attached hydrogens (tertiary/aromatic N) is 5. The van der Waals surface area contributed by atoms with Crippen LogP contribution in [0.15, 0.2) is 85.6 Å². The molecule has 0 aliphatic carbocycles. The zero-order valence-corrected chi connectivity index (χ0v) is 22.3. The van der Waals surface area contributed by atoms with E-state index < -0.39 is 11.8 Å². The van der Waals surface area contributed by atoms with Gasteiger partial charge >= 0.3 is 12.0 Å². The van der Waals surface area contributed by atoms with Gasteiger partial charge in [-0.3, -0.25) is 14.7 Å². The lowest BCUT2D eigenvalue weighted by atomic mass is 10.1. The number of halogens is 1. The predicted octanol–water partition coefficient (Wildman–Crippen LogP) is 6.36. The third-order valence-corrected chi connectivity index (χ3v) is 7.30. The average molecular weight is 568 g/mol. The van der Waals surface area contributed by atoms with Crippen molar-refractivity contribution in [3.05, 3.63) is 91.4 Å². The number of urea groups is 1. The third-order valence-electron chi connectivity index (χ3n) is 6.23. The second kappa shape index (κ2) is 11.5. The summed E-state index contributed by atoms with van der Waals surface area (Å²) in [4.78, 5) is 44.1. The van der Waals surface area contributed by atoms with Crippen molar-refractivity contribution in [2.24, 2.45) is 0 Å². The first kappa shape index (κ1) is 26.0. The largest absolute Gasteiger partial charge is 0.424 e. The first-order valence-electron chi connectivity index (χ1n) is 12.7. The third kappa shape index (κ3) is 6.02. The van der Waals surface area contributed by atoms with Crippen molar-refractivity contribution in [2.75, 3.05) is 22.1 Å². The topological polar surface area (TPSA) is 122 Å². The van der Waals surface area contributed by atoms with Gasteiger partial charge in [0.1, 0.15) is 11.6 Å². The highest BCUT2D eigenvalue weighted by atomic mass is 32.1. The maximum atomic E-state index is 13.9. The second-order valence-electron chi connectivity index (χ2n) is 9.05. The van der Waals surface area contributed by atoms with E-state index in [1.807, 2.05) is 18.2 Å². The van der Waals surface area contributed by atoms with Crippen LogP contribution in [0, 0.1) is 5.82 Å². The number of anilines is 3. The lowest BCUT2D eigenvalue weighted by Gasteiger charge is -2.12. The Bertz CT molecular complexity index is 1700. The number of hydrogen-bond donors (Lipinski definition) is 2. The molecule has 0 bridgehead atoms. The molecule has 204 valence electrons. The molecule has 41 heavy (non-hydrogen) atoms. The molecule has 1 saturated heterocycles. The van der Waals surface area contributed by atoms with Crippen LogP contribution >= 0.6 is 11.3 Å². The summed E-state index contributed by atoms with van der Waals surface area (Å²) < 4.78 is 19.6. The van der Waals surface area contributed by atoms with Gasteiger partial charge in [0.05, 0.1) is 28.6 Å². The fourth-order valence-corrected chi connectivity index (χ4v) is 5.24. The lowest BCUT2D eigenvalue weighted by Crippen LogP contribution is -2.23. The molecule has 3 amide bonds. The summed E-state index contributed by atoms with van der Waals surface area (Å²) in [5.74, 6) is 0.153. The molecular weight excluding hydrogens is 545 g/mol. The normalized spacial score (nSPS) is 12.8. The second-order valence-corrected chi connectivity index (χ2v) is 10.1. The van der Waals surface area contributed by atoms with E-state index in [1.165, 1.54) is 35.9 Å². The van der Waals surface area contributed by atoms with Crippen LogP contribution in [0.3, 0.4) is 0 Å². The van der Waals surface area contributed by atoms with Gasteiger partial charge in [0.2, 0.25) is 5.91 Å². The fraction of sp³-hybridized carbons (Fsp3) is 0.103. The summed E-state index contributed by atoms with van der Waals surface area (Å²) in [5, 5.41) is 6.01. The van der Waals surface area contributed by atoms with Gasteiger partial charge in [-0.25, -0.2) is 24.1 Å².